The van der Waals surface area contributed by atoms with Gasteiger partial charge in [-0.05, 0) is 54.9 Å². The summed E-state index contributed by atoms with van der Waals surface area (Å²) < 4.78 is 21.9. The molecule has 0 spiro atoms. The van der Waals surface area contributed by atoms with Gasteiger partial charge >= 0.3 is 6.09 Å². The van der Waals surface area contributed by atoms with Crippen molar-refractivity contribution in [1.82, 2.24) is 14.7 Å². The van der Waals surface area contributed by atoms with E-state index in [1.54, 1.807) is 21.7 Å². The molecule has 1 N–H and O–H groups in total. The van der Waals surface area contributed by atoms with Gasteiger partial charge in [-0.2, -0.15) is 5.10 Å². The first-order valence-electron chi connectivity index (χ1n) is 8.09. The Morgan fingerprint density at radius 2 is 2.12 bits per heavy atom. The van der Waals surface area contributed by atoms with Crippen LogP contribution in [-0.4, -0.2) is 32.9 Å². The van der Waals surface area contributed by atoms with Crippen LogP contribution < -0.4 is 5.32 Å². The van der Waals surface area contributed by atoms with Crippen LogP contribution in [0.25, 0.3) is 0 Å². The fraction of sp³-hybridized carbons (Fsp3) is 0.412. The average Bonchev–Trinajstić information content (AvgIpc) is 2.84. The Labute approximate surface area is 164 Å². The molecule has 1 aliphatic rings. The lowest BCUT2D eigenvalue weighted by molar-refractivity contribution is 0.0194. The van der Waals surface area contributed by atoms with E-state index in [0.29, 0.717) is 34.9 Å². The number of ether oxygens (including phenoxy) is 1. The van der Waals surface area contributed by atoms with Crippen molar-refractivity contribution >= 4 is 45.1 Å². The monoisotopic (exact) mass is 444 g/mol. The summed E-state index contributed by atoms with van der Waals surface area (Å²) in [5.41, 5.74) is 0.540. The highest BCUT2D eigenvalue weighted by molar-refractivity contribution is 9.10. The summed E-state index contributed by atoms with van der Waals surface area (Å²) in [7, 11) is 0. The van der Waals surface area contributed by atoms with Crippen LogP contribution in [0.4, 0.5) is 20.7 Å². The molecule has 3 rings (SSSR count). The molecule has 1 aromatic heterocycles. The third kappa shape index (κ3) is 4.12. The van der Waals surface area contributed by atoms with Crippen LogP contribution in [-0.2, 0) is 17.8 Å². The fourth-order valence-electron chi connectivity index (χ4n) is 2.57. The highest BCUT2D eigenvalue weighted by Gasteiger charge is 2.29. The van der Waals surface area contributed by atoms with Gasteiger partial charge in [0, 0.05) is 11.6 Å². The van der Waals surface area contributed by atoms with Crippen LogP contribution in [0.5, 0.6) is 0 Å². The number of carbonyl (C=O) groups excluding carboxylic acids is 1. The Kier molecular flexibility index (Phi) is 5.16. The van der Waals surface area contributed by atoms with E-state index in [-0.39, 0.29) is 11.8 Å². The number of anilines is 2. The molecule has 1 aliphatic heterocycles. The number of fused-ring (bicyclic) bond motifs is 1. The molecule has 0 atom stereocenters. The molecule has 26 heavy (non-hydrogen) atoms. The quantitative estimate of drug-likeness (QED) is 0.712. The molecule has 0 radical (unpaired) electrons. The van der Waals surface area contributed by atoms with Crippen LogP contribution in [0.15, 0.2) is 22.7 Å². The molecule has 0 fully saturated rings. The summed E-state index contributed by atoms with van der Waals surface area (Å²) in [6, 6.07) is 4.38. The van der Waals surface area contributed by atoms with Crippen molar-refractivity contribution in [3.8, 4) is 0 Å². The first-order chi connectivity index (χ1) is 12.1. The summed E-state index contributed by atoms with van der Waals surface area (Å²) in [5, 5.41) is 7.74. The number of hydrogen-bond donors (Lipinski definition) is 1. The molecule has 6 nitrogen and oxygen atoms in total. The Balaban J connectivity index is 1.79. The van der Waals surface area contributed by atoms with Gasteiger partial charge in [-0.1, -0.05) is 11.6 Å². The van der Waals surface area contributed by atoms with Gasteiger partial charge in [0.05, 0.1) is 28.9 Å². The van der Waals surface area contributed by atoms with Gasteiger partial charge in [0.2, 0.25) is 0 Å². The number of benzene rings is 1. The Morgan fingerprint density at radius 3 is 2.77 bits per heavy atom. The van der Waals surface area contributed by atoms with Gasteiger partial charge in [0.15, 0.2) is 5.82 Å². The summed E-state index contributed by atoms with van der Waals surface area (Å²) in [6.07, 6.45) is -0.366. The second-order valence-electron chi connectivity index (χ2n) is 6.98. The molecule has 0 saturated carbocycles. The van der Waals surface area contributed by atoms with E-state index < -0.39 is 11.4 Å². The summed E-state index contributed by atoms with van der Waals surface area (Å²) in [6.45, 7) is 6.86. The Morgan fingerprint density at radius 1 is 1.38 bits per heavy atom. The van der Waals surface area contributed by atoms with E-state index in [1.807, 2.05) is 20.8 Å². The summed E-state index contributed by atoms with van der Waals surface area (Å²) in [5.74, 6) is 0.0121. The van der Waals surface area contributed by atoms with Crippen molar-refractivity contribution in [3.63, 3.8) is 0 Å². The third-order valence-electron chi connectivity index (χ3n) is 3.75. The van der Waals surface area contributed by atoms with E-state index >= 15 is 0 Å². The second kappa shape index (κ2) is 7.08. The smallest absolute Gasteiger partial charge is 0.410 e. The molecular formula is C17H19BrClFN4O2. The van der Waals surface area contributed by atoms with Crippen molar-refractivity contribution in [2.45, 2.75) is 39.5 Å². The van der Waals surface area contributed by atoms with Crippen molar-refractivity contribution < 1.29 is 13.9 Å². The second-order valence-corrected chi connectivity index (χ2v) is 8.21. The molecule has 9 heteroatoms. The maximum absolute atomic E-state index is 14.0. The van der Waals surface area contributed by atoms with Crippen LogP contribution in [0, 0.1) is 5.82 Å². The predicted octanol–water partition coefficient (Wildman–Crippen LogP) is 4.93. The lowest BCUT2D eigenvalue weighted by atomic mass is 10.2. The maximum atomic E-state index is 14.0. The maximum Gasteiger partial charge on any atom is 0.410 e. The van der Waals surface area contributed by atoms with E-state index in [4.69, 9.17) is 16.3 Å². The zero-order chi connectivity index (χ0) is 19.1. The number of aromatic nitrogens is 2. The van der Waals surface area contributed by atoms with Crippen LogP contribution in [0.3, 0.4) is 0 Å². The SMILES string of the molecule is CC(C)(C)OC(=O)N1CCn2nc(Nc3ccc(Cl)cc3F)c(Br)c2C1. The van der Waals surface area contributed by atoms with E-state index in [1.165, 1.54) is 6.07 Å². The molecule has 0 aliphatic carbocycles. The topological polar surface area (TPSA) is 59.4 Å². The number of hydrogen-bond acceptors (Lipinski definition) is 4. The Bertz CT molecular complexity index is 850. The minimum absolute atomic E-state index is 0.273. The van der Waals surface area contributed by atoms with E-state index in [2.05, 4.69) is 26.3 Å². The molecule has 140 valence electrons. The first kappa shape index (κ1) is 19.0. The normalized spacial score (nSPS) is 14.2. The minimum Gasteiger partial charge on any atom is -0.444 e. The van der Waals surface area contributed by atoms with Crippen molar-refractivity contribution in [3.05, 3.63) is 39.2 Å². The zero-order valence-corrected chi connectivity index (χ0v) is 17.0. The van der Waals surface area contributed by atoms with Crippen LogP contribution in [0.1, 0.15) is 26.5 Å². The number of nitrogens with one attached hydrogen (secondary N) is 1. The van der Waals surface area contributed by atoms with Gasteiger partial charge in [0.25, 0.3) is 0 Å². The lowest BCUT2D eigenvalue weighted by Gasteiger charge is -2.30. The van der Waals surface area contributed by atoms with Gasteiger partial charge in [0.1, 0.15) is 11.4 Å². The van der Waals surface area contributed by atoms with Gasteiger partial charge in [-0.3, -0.25) is 4.68 Å². The van der Waals surface area contributed by atoms with Crippen molar-refractivity contribution in [1.29, 1.82) is 0 Å². The average molecular weight is 446 g/mol. The largest absolute Gasteiger partial charge is 0.444 e. The van der Waals surface area contributed by atoms with Crippen molar-refractivity contribution in [2.24, 2.45) is 0 Å². The molecule has 0 bridgehead atoms. The minimum atomic E-state index is -0.551. The van der Waals surface area contributed by atoms with Gasteiger partial charge < -0.3 is 15.0 Å². The predicted molar refractivity (Wildman–Crippen MR) is 101 cm³/mol. The van der Waals surface area contributed by atoms with E-state index in [0.717, 1.165) is 5.69 Å². The number of amides is 1. The third-order valence-corrected chi connectivity index (χ3v) is 4.82. The zero-order valence-electron chi connectivity index (χ0n) is 14.6. The molecule has 1 aromatic carbocycles. The number of nitrogens with zero attached hydrogens (tertiary/aromatic N) is 3. The molecule has 0 saturated heterocycles. The highest BCUT2D eigenvalue weighted by atomic mass is 79.9. The number of carbonyl (C=O) groups is 1. The number of halogens is 3. The van der Waals surface area contributed by atoms with Gasteiger partial charge in [-0.25, -0.2) is 9.18 Å². The number of rotatable bonds is 2. The lowest BCUT2D eigenvalue weighted by Crippen LogP contribution is -2.41. The Hall–Kier alpha value is -1.80. The summed E-state index contributed by atoms with van der Waals surface area (Å²) >= 11 is 9.28. The molecule has 2 heterocycles. The van der Waals surface area contributed by atoms with Crippen LogP contribution in [0.2, 0.25) is 5.02 Å². The molecular weight excluding hydrogens is 427 g/mol. The summed E-state index contributed by atoms with van der Waals surface area (Å²) in [4.78, 5) is 13.9. The highest BCUT2D eigenvalue weighted by Crippen LogP contribution is 2.32. The molecule has 2 aromatic rings. The molecule has 0 unspecified atom stereocenters. The standard InChI is InChI=1S/C17H19BrClFN4O2/c1-17(2,3)26-16(25)23-6-7-24-13(9-23)14(18)15(22-24)21-12-5-4-10(19)8-11(12)20/h4-5,8H,6-7,9H2,1-3H3,(H,21,22). The van der Waals surface area contributed by atoms with Crippen LogP contribution >= 0.6 is 27.5 Å². The van der Waals surface area contributed by atoms with Crippen molar-refractivity contribution in [2.75, 3.05) is 11.9 Å². The fourth-order valence-corrected chi connectivity index (χ4v) is 3.23. The first-order valence-corrected chi connectivity index (χ1v) is 9.26. The van der Waals surface area contributed by atoms with Gasteiger partial charge in [-0.15, -0.1) is 0 Å². The molecule has 1 amide bonds. The van der Waals surface area contributed by atoms with E-state index in [9.17, 15) is 9.18 Å².